The van der Waals surface area contributed by atoms with Gasteiger partial charge in [-0.15, -0.1) is 0 Å². The summed E-state index contributed by atoms with van der Waals surface area (Å²) >= 11 is 0. The van der Waals surface area contributed by atoms with Crippen LogP contribution in [0.15, 0.2) is 66.2 Å². The molecule has 0 saturated heterocycles. The van der Waals surface area contributed by atoms with Gasteiger partial charge < -0.3 is 10.2 Å². The Morgan fingerprint density at radius 1 is 0.905 bits per heavy atom. The Labute approximate surface area is 125 Å². The molecule has 0 fully saturated rings. The van der Waals surface area contributed by atoms with E-state index in [-0.39, 0.29) is 5.92 Å². The lowest BCUT2D eigenvalue weighted by atomic mass is 9.78. The molecule has 0 aliphatic heterocycles. The molecule has 1 aliphatic rings. The first-order valence-electron chi connectivity index (χ1n) is 7.29. The molecule has 0 saturated carbocycles. The van der Waals surface area contributed by atoms with E-state index in [9.17, 15) is 10.2 Å². The average Bonchev–Trinajstić information content (AvgIpc) is 2.71. The van der Waals surface area contributed by atoms with Crippen molar-refractivity contribution in [2.24, 2.45) is 5.92 Å². The number of hydrogen-bond donors (Lipinski definition) is 2. The highest BCUT2D eigenvalue weighted by Gasteiger charge is 2.50. The third kappa shape index (κ3) is 2.03. The maximum absolute atomic E-state index is 11.5. The van der Waals surface area contributed by atoms with Crippen molar-refractivity contribution in [1.82, 2.24) is 0 Å². The predicted molar refractivity (Wildman–Crippen MR) is 84.5 cm³/mol. The van der Waals surface area contributed by atoms with Gasteiger partial charge in [0.05, 0.1) is 6.10 Å². The summed E-state index contributed by atoms with van der Waals surface area (Å²) in [4.78, 5) is 0. The molecule has 2 heteroatoms. The standard InChI is InChI=1S/C19H20O2/c1-13-17(15-9-5-3-6-10-15)19(21,14(2)18(13)20)16-11-7-4-8-12-16/h3-12,14,18,20-21H,1-2H3/t14-,18+,19-/m0/s1. The number of aliphatic hydroxyl groups is 2. The van der Waals surface area contributed by atoms with E-state index in [4.69, 9.17) is 0 Å². The van der Waals surface area contributed by atoms with Crippen LogP contribution in [0.25, 0.3) is 5.57 Å². The molecule has 3 rings (SSSR count). The zero-order chi connectivity index (χ0) is 15.0. The Kier molecular flexibility index (Phi) is 3.44. The van der Waals surface area contributed by atoms with Crippen LogP contribution < -0.4 is 0 Å². The first-order valence-corrected chi connectivity index (χ1v) is 7.29. The van der Waals surface area contributed by atoms with E-state index in [0.29, 0.717) is 0 Å². The molecule has 2 aromatic rings. The fourth-order valence-corrected chi connectivity index (χ4v) is 3.43. The van der Waals surface area contributed by atoms with E-state index in [1.807, 2.05) is 74.5 Å². The van der Waals surface area contributed by atoms with E-state index in [1.54, 1.807) is 0 Å². The molecule has 1 aliphatic carbocycles. The van der Waals surface area contributed by atoms with Crippen LogP contribution in [0, 0.1) is 5.92 Å². The van der Waals surface area contributed by atoms with Crippen molar-refractivity contribution in [2.45, 2.75) is 25.6 Å². The van der Waals surface area contributed by atoms with E-state index >= 15 is 0 Å². The summed E-state index contributed by atoms with van der Waals surface area (Å²) in [6.07, 6.45) is -0.634. The van der Waals surface area contributed by atoms with Crippen LogP contribution in [0.4, 0.5) is 0 Å². The highest BCUT2D eigenvalue weighted by molar-refractivity contribution is 5.79. The van der Waals surface area contributed by atoms with E-state index < -0.39 is 11.7 Å². The van der Waals surface area contributed by atoms with Crippen LogP contribution in [0.2, 0.25) is 0 Å². The second-order valence-corrected chi connectivity index (χ2v) is 5.79. The van der Waals surface area contributed by atoms with Gasteiger partial charge in [0.1, 0.15) is 5.60 Å². The molecular formula is C19H20O2. The van der Waals surface area contributed by atoms with Crippen molar-refractivity contribution in [2.75, 3.05) is 0 Å². The van der Waals surface area contributed by atoms with Crippen LogP contribution in [-0.2, 0) is 5.60 Å². The summed E-state index contributed by atoms with van der Waals surface area (Å²) < 4.78 is 0. The van der Waals surface area contributed by atoms with E-state index in [1.165, 1.54) is 0 Å². The lowest BCUT2D eigenvalue weighted by Crippen LogP contribution is -2.35. The van der Waals surface area contributed by atoms with Crippen molar-refractivity contribution in [3.05, 3.63) is 77.4 Å². The van der Waals surface area contributed by atoms with E-state index in [0.717, 1.165) is 22.3 Å². The molecule has 0 aromatic heterocycles. The molecule has 0 heterocycles. The monoisotopic (exact) mass is 280 g/mol. The Hall–Kier alpha value is -1.90. The summed E-state index contributed by atoms with van der Waals surface area (Å²) in [6.45, 7) is 3.81. The molecule has 2 aromatic carbocycles. The SMILES string of the molecule is CC1=C(c2ccccc2)[C@@](O)(c2ccccc2)[C@@H](C)[C@@H]1O. The van der Waals surface area contributed by atoms with Crippen molar-refractivity contribution in [3.8, 4) is 0 Å². The molecule has 0 spiro atoms. The summed E-state index contributed by atoms with van der Waals surface area (Å²) in [7, 11) is 0. The molecule has 0 amide bonds. The van der Waals surface area contributed by atoms with Crippen LogP contribution in [0.1, 0.15) is 25.0 Å². The third-order valence-corrected chi connectivity index (χ3v) is 4.63. The quantitative estimate of drug-likeness (QED) is 0.885. The van der Waals surface area contributed by atoms with Crippen LogP contribution in [0.5, 0.6) is 0 Å². The normalized spacial score (nSPS) is 29.0. The summed E-state index contributed by atoms with van der Waals surface area (Å²) in [5.41, 5.74) is 2.30. The number of aliphatic hydroxyl groups excluding tert-OH is 1. The number of benzene rings is 2. The molecule has 2 nitrogen and oxygen atoms in total. The number of hydrogen-bond acceptors (Lipinski definition) is 2. The van der Waals surface area contributed by atoms with Gasteiger partial charge in [-0.1, -0.05) is 67.6 Å². The maximum Gasteiger partial charge on any atom is 0.121 e. The molecule has 0 radical (unpaired) electrons. The molecular weight excluding hydrogens is 260 g/mol. The topological polar surface area (TPSA) is 40.5 Å². The van der Waals surface area contributed by atoms with Crippen LogP contribution >= 0.6 is 0 Å². The smallest absolute Gasteiger partial charge is 0.121 e. The average molecular weight is 280 g/mol. The molecule has 2 N–H and O–H groups in total. The fraction of sp³-hybridized carbons (Fsp3) is 0.263. The lowest BCUT2D eigenvalue weighted by molar-refractivity contribution is 0.00424. The second kappa shape index (κ2) is 5.14. The Bertz CT molecular complexity index is 660. The largest absolute Gasteiger partial charge is 0.388 e. The molecule has 108 valence electrons. The first kappa shape index (κ1) is 14.1. The summed E-state index contributed by atoms with van der Waals surface area (Å²) in [5, 5.41) is 21.9. The van der Waals surface area contributed by atoms with Crippen LogP contribution in [-0.4, -0.2) is 16.3 Å². The Balaban J connectivity index is 2.23. The molecule has 21 heavy (non-hydrogen) atoms. The summed E-state index contributed by atoms with van der Waals surface area (Å²) in [6, 6.07) is 19.4. The predicted octanol–water partition coefficient (Wildman–Crippen LogP) is 3.36. The van der Waals surface area contributed by atoms with Crippen molar-refractivity contribution in [1.29, 1.82) is 0 Å². The van der Waals surface area contributed by atoms with Gasteiger partial charge in [0, 0.05) is 5.92 Å². The van der Waals surface area contributed by atoms with E-state index in [2.05, 4.69) is 0 Å². The minimum absolute atomic E-state index is 0.282. The lowest BCUT2D eigenvalue weighted by Gasteiger charge is -2.33. The molecule has 0 unspecified atom stereocenters. The van der Waals surface area contributed by atoms with Gasteiger partial charge in [0.25, 0.3) is 0 Å². The third-order valence-electron chi connectivity index (χ3n) is 4.63. The van der Waals surface area contributed by atoms with Gasteiger partial charge in [0.15, 0.2) is 0 Å². The summed E-state index contributed by atoms with van der Waals surface area (Å²) in [5.74, 6) is -0.282. The van der Waals surface area contributed by atoms with Gasteiger partial charge in [-0.3, -0.25) is 0 Å². The highest BCUT2D eigenvalue weighted by atomic mass is 16.3. The highest BCUT2D eigenvalue weighted by Crippen LogP contribution is 2.51. The Morgan fingerprint density at radius 2 is 1.43 bits per heavy atom. The number of rotatable bonds is 2. The molecule has 3 atom stereocenters. The van der Waals surface area contributed by atoms with Crippen LogP contribution in [0.3, 0.4) is 0 Å². The molecule has 0 bridgehead atoms. The zero-order valence-electron chi connectivity index (χ0n) is 12.3. The minimum Gasteiger partial charge on any atom is -0.388 e. The maximum atomic E-state index is 11.5. The zero-order valence-corrected chi connectivity index (χ0v) is 12.3. The van der Waals surface area contributed by atoms with Gasteiger partial charge in [0.2, 0.25) is 0 Å². The fourth-order valence-electron chi connectivity index (χ4n) is 3.43. The second-order valence-electron chi connectivity index (χ2n) is 5.79. The van der Waals surface area contributed by atoms with Crippen molar-refractivity contribution < 1.29 is 10.2 Å². The van der Waals surface area contributed by atoms with Crippen molar-refractivity contribution in [3.63, 3.8) is 0 Å². The first-order chi connectivity index (χ1) is 10.1. The van der Waals surface area contributed by atoms with Crippen molar-refractivity contribution >= 4 is 5.57 Å². The van der Waals surface area contributed by atoms with Gasteiger partial charge in [-0.05, 0) is 29.2 Å². The van der Waals surface area contributed by atoms with Gasteiger partial charge in [-0.25, -0.2) is 0 Å². The van der Waals surface area contributed by atoms with Gasteiger partial charge in [-0.2, -0.15) is 0 Å². The van der Waals surface area contributed by atoms with Gasteiger partial charge >= 0.3 is 0 Å². The minimum atomic E-state index is -1.16. The Morgan fingerprint density at radius 3 is 2.00 bits per heavy atom.